The highest BCUT2D eigenvalue weighted by Crippen LogP contribution is 2.16. The average Bonchev–Trinajstić information content (AvgIpc) is 2.17. The van der Waals surface area contributed by atoms with E-state index >= 15 is 0 Å². The van der Waals surface area contributed by atoms with Crippen LogP contribution < -0.4 is 0 Å². The number of hydrogen-bond donors (Lipinski definition) is 1. The largest absolute Gasteiger partial charge is 0.395 e. The smallest absolute Gasteiger partial charge is 0.0558 e. The average molecular weight is 207 g/mol. The third kappa shape index (κ3) is 4.02. The summed E-state index contributed by atoms with van der Waals surface area (Å²) in [5, 5.41) is 9.04. The Labute approximate surface area is 92.5 Å². The van der Waals surface area contributed by atoms with Gasteiger partial charge in [-0.15, -0.1) is 0 Å². The summed E-state index contributed by atoms with van der Waals surface area (Å²) in [5.41, 5.74) is 1.39. The molecule has 0 unspecified atom stereocenters. The van der Waals surface area contributed by atoms with E-state index in [4.69, 9.17) is 5.11 Å². The van der Waals surface area contributed by atoms with E-state index in [1.807, 2.05) is 6.07 Å². The van der Waals surface area contributed by atoms with Gasteiger partial charge in [0.25, 0.3) is 0 Å². The zero-order valence-electron chi connectivity index (χ0n) is 9.90. The van der Waals surface area contributed by atoms with Gasteiger partial charge in [-0.2, -0.15) is 0 Å². The second-order valence-corrected chi connectivity index (χ2v) is 4.80. The maximum Gasteiger partial charge on any atom is 0.0558 e. The van der Waals surface area contributed by atoms with Crippen LogP contribution in [0.15, 0.2) is 30.3 Å². The molecule has 1 rings (SSSR count). The minimum absolute atomic E-state index is 0.0958. The molecule has 0 spiro atoms. The predicted octanol–water partition coefficient (Wildman–Crippen LogP) is 2.28. The van der Waals surface area contributed by atoms with Crippen molar-refractivity contribution in [2.24, 2.45) is 0 Å². The van der Waals surface area contributed by atoms with Crippen molar-refractivity contribution >= 4 is 0 Å². The van der Waals surface area contributed by atoms with Gasteiger partial charge in [0.15, 0.2) is 0 Å². The standard InChI is InChI=1S/C13H21NO/c1-13(2,3)14(9-10-15)11-12-7-5-4-6-8-12/h4-8,15H,9-11H2,1-3H3. The molecule has 0 fully saturated rings. The molecule has 15 heavy (non-hydrogen) atoms. The Bertz CT molecular complexity index is 276. The molecule has 0 amide bonds. The topological polar surface area (TPSA) is 23.5 Å². The highest BCUT2D eigenvalue weighted by atomic mass is 16.3. The first-order valence-corrected chi connectivity index (χ1v) is 5.44. The third-order valence-electron chi connectivity index (χ3n) is 2.53. The predicted molar refractivity (Wildman–Crippen MR) is 63.7 cm³/mol. The van der Waals surface area contributed by atoms with E-state index in [2.05, 4.69) is 49.9 Å². The monoisotopic (exact) mass is 207 g/mol. The van der Waals surface area contributed by atoms with Gasteiger partial charge in [-0.25, -0.2) is 0 Å². The fourth-order valence-electron chi connectivity index (χ4n) is 1.58. The molecule has 1 aromatic rings. The zero-order chi connectivity index (χ0) is 11.3. The Morgan fingerprint density at radius 2 is 1.73 bits per heavy atom. The maximum atomic E-state index is 9.04. The van der Waals surface area contributed by atoms with Crippen LogP contribution in [0.1, 0.15) is 26.3 Å². The molecule has 0 aromatic heterocycles. The summed E-state index contributed by atoms with van der Waals surface area (Å²) < 4.78 is 0. The van der Waals surface area contributed by atoms with E-state index in [0.29, 0.717) is 0 Å². The summed E-state index contributed by atoms with van der Waals surface area (Å²) in [5.74, 6) is 0. The van der Waals surface area contributed by atoms with Gasteiger partial charge in [-0.1, -0.05) is 30.3 Å². The van der Waals surface area contributed by atoms with Crippen LogP contribution in [-0.4, -0.2) is 28.7 Å². The van der Waals surface area contributed by atoms with Gasteiger partial charge in [0.2, 0.25) is 0 Å². The van der Waals surface area contributed by atoms with Crippen LogP contribution in [0.2, 0.25) is 0 Å². The van der Waals surface area contributed by atoms with E-state index < -0.39 is 0 Å². The second kappa shape index (κ2) is 5.29. The normalized spacial score (nSPS) is 12.1. The highest BCUT2D eigenvalue weighted by molar-refractivity contribution is 5.14. The Balaban J connectivity index is 2.67. The summed E-state index contributed by atoms with van der Waals surface area (Å²) in [7, 11) is 0. The molecule has 2 heteroatoms. The van der Waals surface area contributed by atoms with Crippen LogP contribution in [0.25, 0.3) is 0 Å². The van der Waals surface area contributed by atoms with E-state index in [-0.39, 0.29) is 12.1 Å². The first-order chi connectivity index (χ1) is 7.04. The Kier molecular flexibility index (Phi) is 4.30. The molecule has 2 nitrogen and oxygen atoms in total. The van der Waals surface area contributed by atoms with Crippen molar-refractivity contribution in [3.05, 3.63) is 35.9 Å². The molecule has 1 aromatic carbocycles. The van der Waals surface area contributed by atoms with Crippen LogP contribution in [0, 0.1) is 0 Å². The fraction of sp³-hybridized carbons (Fsp3) is 0.538. The zero-order valence-corrected chi connectivity index (χ0v) is 9.90. The van der Waals surface area contributed by atoms with E-state index in [1.54, 1.807) is 0 Å². The summed E-state index contributed by atoms with van der Waals surface area (Å²) in [6, 6.07) is 10.4. The summed E-state index contributed by atoms with van der Waals surface area (Å²) in [6.45, 7) is 8.34. The Morgan fingerprint density at radius 3 is 2.20 bits per heavy atom. The Morgan fingerprint density at radius 1 is 1.13 bits per heavy atom. The van der Waals surface area contributed by atoms with Crippen molar-refractivity contribution in [3.63, 3.8) is 0 Å². The van der Waals surface area contributed by atoms with E-state index in [9.17, 15) is 0 Å². The molecule has 0 radical (unpaired) electrons. The fourth-order valence-corrected chi connectivity index (χ4v) is 1.58. The van der Waals surface area contributed by atoms with Crippen molar-refractivity contribution in [3.8, 4) is 0 Å². The van der Waals surface area contributed by atoms with Crippen molar-refractivity contribution < 1.29 is 5.11 Å². The first-order valence-electron chi connectivity index (χ1n) is 5.44. The van der Waals surface area contributed by atoms with Crippen molar-refractivity contribution in [1.82, 2.24) is 4.90 Å². The number of aliphatic hydroxyl groups excluding tert-OH is 1. The maximum absolute atomic E-state index is 9.04. The number of benzene rings is 1. The lowest BCUT2D eigenvalue weighted by Crippen LogP contribution is -2.42. The van der Waals surface area contributed by atoms with Crippen LogP contribution in [0.4, 0.5) is 0 Å². The van der Waals surface area contributed by atoms with Crippen LogP contribution in [0.3, 0.4) is 0 Å². The van der Waals surface area contributed by atoms with Gasteiger partial charge in [0.05, 0.1) is 6.61 Å². The molecular weight excluding hydrogens is 186 g/mol. The second-order valence-electron chi connectivity index (χ2n) is 4.80. The molecule has 0 saturated heterocycles. The van der Waals surface area contributed by atoms with Gasteiger partial charge in [0.1, 0.15) is 0 Å². The minimum Gasteiger partial charge on any atom is -0.395 e. The molecule has 0 heterocycles. The third-order valence-corrected chi connectivity index (χ3v) is 2.53. The molecule has 0 aliphatic rings. The van der Waals surface area contributed by atoms with Crippen molar-refractivity contribution in [1.29, 1.82) is 0 Å². The van der Waals surface area contributed by atoms with Crippen LogP contribution in [0.5, 0.6) is 0 Å². The number of aliphatic hydroxyl groups is 1. The molecule has 0 aliphatic carbocycles. The highest BCUT2D eigenvalue weighted by Gasteiger charge is 2.20. The van der Waals surface area contributed by atoms with Crippen LogP contribution in [-0.2, 0) is 6.54 Å². The van der Waals surface area contributed by atoms with Gasteiger partial charge < -0.3 is 5.11 Å². The lowest BCUT2D eigenvalue weighted by Gasteiger charge is -2.35. The number of β-amino-alcohol motifs (C(OH)–C–C–N with tert-alkyl or cyclic N) is 1. The summed E-state index contributed by atoms with van der Waals surface area (Å²) in [6.07, 6.45) is 0. The van der Waals surface area contributed by atoms with E-state index in [0.717, 1.165) is 13.1 Å². The summed E-state index contributed by atoms with van der Waals surface area (Å²) in [4.78, 5) is 2.28. The molecule has 0 atom stereocenters. The number of nitrogens with zero attached hydrogens (tertiary/aromatic N) is 1. The Hall–Kier alpha value is -0.860. The van der Waals surface area contributed by atoms with E-state index in [1.165, 1.54) is 5.56 Å². The van der Waals surface area contributed by atoms with Gasteiger partial charge in [-0.3, -0.25) is 4.90 Å². The number of rotatable bonds is 4. The molecule has 1 N–H and O–H groups in total. The van der Waals surface area contributed by atoms with Gasteiger partial charge >= 0.3 is 0 Å². The lowest BCUT2D eigenvalue weighted by atomic mass is 10.0. The SMILES string of the molecule is CC(C)(C)N(CCO)Cc1ccccc1. The summed E-state index contributed by atoms with van der Waals surface area (Å²) >= 11 is 0. The number of hydrogen-bond acceptors (Lipinski definition) is 2. The van der Waals surface area contributed by atoms with Gasteiger partial charge in [-0.05, 0) is 26.3 Å². The quantitative estimate of drug-likeness (QED) is 0.818. The molecular formula is C13H21NO. The molecule has 0 aliphatic heterocycles. The lowest BCUT2D eigenvalue weighted by molar-refractivity contribution is 0.0984. The first kappa shape index (κ1) is 12.2. The van der Waals surface area contributed by atoms with Crippen molar-refractivity contribution in [2.75, 3.05) is 13.2 Å². The van der Waals surface area contributed by atoms with Crippen molar-refractivity contribution in [2.45, 2.75) is 32.9 Å². The molecule has 84 valence electrons. The molecule has 0 bridgehead atoms. The molecule has 0 saturated carbocycles. The minimum atomic E-state index is 0.0958. The van der Waals surface area contributed by atoms with Gasteiger partial charge in [0, 0.05) is 18.6 Å². The van der Waals surface area contributed by atoms with Crippen LogP contribution >= 0.6 is 0 Å².